The van der Waals surface area contributed by atoms with Gasteiger partial charge in [-0.1, -0.05) is 98.3 Å². The predicted octanol–water partition coefficient (Wildman–Crippen LogP) is 6.91. The van der Waals surface area contributed by atoms with Crippen molar-refractivity contribution in [1.82, 2.24) is 16.0 Å². The van der Waals surface area contributed by atoms with Crippen molar-refractivity contribution in [3.63, 3.8) is 0 Å². The highest BCUT2D eigenvalue weighted by molar-refractivity contribution is 5.82. The Kier molecular flexibility index (Phi) is 16.9. The van der Waals surface area contributed by atoms with Crippen molar-refractivity contribution in [2.45, 2.75) is 181 Å². The Bertz CT molecular complexity index is 833. The van der Waals surface area contributed by atoms with Gasteiger partial charge < -0.3 is 30.2 Å². The summed E-state index contributed by atoms with van der Waals surface area (Å²) in [5.41, 5.74) is -0.480. The molecule has 1 heterocycles. The van der Waals surface area contributed by atoms with Crippen LogP contribution in [0.1, 0.15) is 151 Å². The van der Waals surface area contributed by atoms with Crippen LogP contribution in [0.15, 0.2) is 0 Å². The van der Waals surface area contributed by atoms with Crippen molar-refractivity contribution in [2.24, 2.45) is 5.41 Å². The molecule has 250 valence electrons. The summed E-state index contributed by atoms with van der Waals surface area (Å²) in [5.74, 6) is -1.47. The maximum Gasteiger partial charge on any atom is 0.315 e. The van der Waals surface area contributed by atoms with E-state index in [1.165, 1.54) is 51.4 Å². The molecule has 0 aromatic heterocycles. The van der Waals surface area contributed by atoms with Crippen LogP contribution in [0.5, 0.6) is 0 Å². The number of carbonyl (C=O) groups is 3. The van der Waals surface area contributed by atoms with Gasteiger partial charge in [-0.15, -0.1) is 0 Å². The van der Waals surface area contributed by atoms with Gasteiger partial charge in [0.1, 0.15) is 12.2 Å². The van der Waals surface area contributed by atoms with Crippen molar-refractivity contribution in [3.8, 4) is 0 Å². The smallest absolute Gasteiger partial charge is 0.315 e. The first-order chi connectivity index (χ1) is 20.5. The van der Waals surface area contributed by atoms with Crippen LogP contribution in [0.25, 0.3) is 0 Å². The van der Waals surface area contributed by atoms with E-state index < -0.39 is 17.3 Å². The predicted molar refractivity (Wildman–Crippen MR) is 171 cm³/mol. The van der Waals surface area contributed by atoms with E-state index in [1.54, 1.807) is 13.8 Å². The minimum atomic E-state index is -0.837. The molecule has 0 aromatic rings. The summed E-state index contributed by atoms with van der Waals surface area (Å²) < 4.78 is 17.3. The highest BCUT2D eigenvalue weighted by Gasteiger charge is 2.45. The van der Waals surface area contributed by atoms with Crippen LogP contribution in [-0.4, -0.2) is 61.1 Å². The minimum Gasteiger partial charge on any atom is -0.460 e. The van der Waals surface area contributed by atoms with Crippen LogP contribution in [0.2, 0.25) is 0 Å². The summed E-state index contributed by atoms with van der Waals surface area (Å²) in [6.07, 6.45) is 17.1. The molecule has 0 aromatic carbocycles. The molecule has 2 aliphatic rings. The maximum atomic E-state index is 13.0. The van der Waals surface area contributed by atoms with E-state index in [0.717, 1.165) is 51.4 Å². The molecule has 1 saturated carbocycles. The normalized spacial score (nSPS) is 23.3. The summed E-state index contributed by atoms with van der Waals surface area (Å²) in [4.78, 5) is 38.4. The molecule has 1 saturated heterocycles. The van der Waals surface area contributed by atoms with E-state index >= 15 is 0 Å². The highest BCUT2D eigenvalue weighted by Crippen LogP contribution is 2.34. The number of urea groups is 1. The molecule has 1 aliphatic heterocycles. The molecule has 0 bridgehead atoms. The number of hydrogen-bond donors (Lipinski definition) is 3. The standard InChI is InChI=1S/C34H63N3O6/c1-7-9-11-12-13-14-15-17-20-26(19-16-10-8-2)36-32(40)37-27-21-18-22-28(27)42-29(38)23-24-35-31(39)30-33(3,4)25-41-34(5,6)43-30/h26-28,30H,7-25H2,1-6H3,(H,35,39)(H2,36,37,40). The zero-order valence-corrected chi connectivity index (χ0v) is 28.2. The lowest BCUT2D eigenvalue weighted by Gasteiger charge is -2.44. The second-order valence-electron chi connectivity index (χ2n) is 13.9. The van der Waals surface area contributed by atoms with Gasteiger partial charge in [-0.25, -0.2) is 4.79 Å². The second kappa shape index (κ2) is 19.5. The first-order valence-corrected chi connectivity index (χ1v) is 17.3. The fourth-order valence-corrected chi connectivity index (χ4v) is 6.01. The largest absolute Gasteiger partial charge is 0.460 e. The maximum absolute atomic E-state index is 13.0. The number of nitrogens with one attached hydrogen (secondary N) is 3. The van der Waals surface area contributed by atoms with Crippen LogP contribution in [-0.2, 0) is 23.8 Å². The monoisotopic (exact) mass is 609 g/mol. The van der Waals surface area contributed by atoms with Gasteiger partial charge in [0.15, 0.2) is 5.79 Å². The zero-order chi connectivity index (χ0) is 31.7. The van der Waals surface area contributed by atoms with Gasteiger partial charge in [0.25, 0.3) is 0 Å². The molecule has 0 spiro atoms. The van der Waals surface area contributed by atoms with Crippen LogP contribution >= 0.6 is 0 Å². The van der Waals surface area contributed by atoms with E-state index in [9.17, 15) is 14.4 Å². The first-order valence-electron chi connectivity index (χ1n) is 17.3. The third kappa shape index (κ3) is 14.6. The van der Waals surface area contributed by atoms with Crippen molar-refractivity contribution in [2.75, 3.05) is 13.2 Å². The fraction of sp³-hybridized carbons (Fsp3) is 0.912. The van der Waals surface area contributed by atoms with Gasteiger partial charge >= 0.3 is 12.0 Å². The topological polar surface area (TPSA) is 115 Å². The number of hydrogen-bond acceptors (Lipinski definition) is 6. The van der Waals surface area contributed by atoms with Gasteiger partial charge in [-0.05, 0) is 46.0 Å². The van der Waals surface area contributed by atoms with Crippen molar-refractivity contribution in [1.29, 1.82) is 0 Å². The Morgan fingerprint density at radius 3 is 2.14 bits per heavy atom. The van der Waals surface area contributed by atoms with Crippen LogP contribution in [0, 0.1) is 5.41 Å². The molecule has 0 radical (unpaired) electrons. The molecule has 3 amide bonds. The Morgan fingerprint density at radius 1 is 0.860 bits per heavy atom. The van der Waals surface area contributed by atoms with Gasteiger partial charge in [-0.3, -0.25) is 9.59 Å². The summed E-state index contributed by atoms with van der Waals surface area (Å²) in [5, 5.41) is 9.14. The van der Waals surface area contributed by atoms with Gasteiger partial charge in [0, 0.05) is 18.0 Å². The van der Waals surface area contributed by atoms with Crippen LogP contribution in [0.4, 0.5) is 4.79 Å². The third-order valence-corrected chi connectivity index (χ3v) is 8.72. The molecule has 3 N–H and O–H groups in total. The lowest BCUT2D eigenvalue weighted by Crippen LogP contribution is -2.56. The number of esters is 1. The van der Waals surface area contributed by atoms with Crippen LogP contribution in [0.3, 0.4) is 0 Å². The molecular formula is C34H63N3O6. The fourth-order valence-electron chi connectivity index (χ4n) is 6.01. The SMILES string of the molecule is CCCCCCCCCCC(CCCCC)NC(=O)NC1CCCC1OC(=O)CCNC(=O)C1OC(C)(C)OCC1(C)C. The first kappa shape index (κ1) is 37.3. The molecule has 9 heteroatoms. The molecule has 43 heavy (non-hydrogen) atoms. The molecule has 4 unspecified atom stereocenters. The van der Waals surface area contributed by atoms with E-state index in [1.807, 2.05) is 13.8 Å². The number of ether oxygens (including phenoxy) is 3. The number of rotatable bonds is 20. The van der Waals surface area contributed by atoms with Gasteiger partial charge in [0.2, 0.25) is 5.91 Å². The average Bonchev–Trinajstić information content (AvgIpc) is 3.37. The van der Waals surface area contributed by atoms with E-state index in [4.69, 9.17) is 14.2 Å². The van der Waals surface area contributed by atoms with E-state index in [-0.39, 0.29) is 49.1 Å². The van der Waals surface area contributed by atoms with Gasteiger partial charge in [-0.2, -0.15) is 0 Å². The number of unbranched alkanes of at least 4 members (excludes halogenated alkanes) is 9. The van der Waals surface area contributed by atoms with E-state index in [0.29, 0.717) is 6.61 Å². The molecule has 9 nitrogen and oxygen atoms in total. The summed E-state index contributed by atoms with van der Waals surface area (Å²) >= 11 is 0. The Morgan fingerprint density at radius 2 is 1.47 bits per heavy atom. The lowest BCUT2D eigenvalue weighted by molar-refractivity contribution is -0.304. The Hall–Kier alpha value is -1.87. The molecule has 4 atom stereocenters. The van der Waals surface area contributed by atoms with Gasteiger partial charge in [0.05, 0.1) is 19.1 Å². The second-order valence-corrected chi connectivity index (χ2v) is 13.9. The average molecular weight is 610 g/mol. The summed E-state index contributed by atoms with van der Waals surface area (Å²) in [6.45, 7) is 12.4. The lowest BCUT2D eigenvalue weighted by atomic mass is 9.85. The number of amides is 3. The number of carbonyl (C=O) groups excluding carboxylic acids is 3. The van der Waals surface area contributed by atoms with Crippen molar-refractivity contribution in [3.05, 3.63) is 0 Å². The Labute approximate surface area is 261 Å². The third-order valence-electron chi connectivity index (χ3n) is 8.72. The molecule has 2 fully saturated rings. The molecule has 2 rings (SSSR count). The van der Waals surface area contributed by atoms with Crippen LogP contribution < -0.4 is 16.0 Å². The zero-order valence-electron chi connectivity index (χ0n) is 28.2. The minimum absolute atomic E-state index is 0.0618. The summed E-state index contributed by atoms with van der Waals surface area (Å²) in [6, 6.07) is -0.187. The van der Waals surface area contributed by atoms with Crippen molar-refractivity contribution < 1.29 is 28.6 Å². The van der Waals surface area contributed by atoms with Crippen molar-refractivity contribution >= 4 is 17.9 Å². The van der Waals surface area contributed by atoms with E-state index in [2.05, 4.69) is 29.8 Å². The quantitative estimate of drug-likeness (QED) is 0.102. The highest BCUT2D eigenvalue weighted by atomic mass is 16.7. The summed E-state index contributed by atoms with van der Waals surface area (Å²) in [7, 11) is 0. The Balaban J connectivity index is 1.73. The molecule has 1 aliphatic carbocycles. The molecular weight excluding hydrogens is 546 g/mol.